The molecule has 3 heteroatoms. The van der Waals surface area contributed by atoms with Crippen molar-refractivity contribution in [2.24, 2.45) is 5.73 Å². The summed E-state index contributed by atoms with van der Waals surface area (Å²) in [5, 5.41) is 1.03. The molecule has 1 unspecified atom stereocenters. The molecule has 0 saturated heterocycles. The minimum Gasteiger partial charge on any atom is -0.318 e. The van der Waals surface area contributed by atoms with Crippen LogP contribution in [0.4, 0.5) is 0 Å². The van der Waals surface area contributed by atoms with E-state index in [1.165, 1.54) is 27.3 Å². The summed E-state index contributed by atoms with van der Waals surface area (Å²) in [6.45, 7) is 8.46. The second-order valence-corrected chi connectivity index (χ2v) is 5.98. The van der Waals surface area contributed by atoms with E-state index in [1.807, 2.05) is 0 Å². The first-order chi connectivity index (χ1) is 8.52. The Balaban J connectivity index is 2.40. The van der Waals surface area contributed by atoms with Crippen molar-refractivity contribution < 1.29 is 0 Å². The molecule has 0 amide bonds. The average Bonchev–Trinajstić information content (AvgIpc) is 2.73. The molecule has 1 aromatic carbocycles. The average molecular weight is 260 g/mol. The number of aryl methyl sites for hydroxylation is 4. The molecule has 0 radical (unpaired) electrons. The van der Waals surface area contributed by atoms with Crippen molar-refractivity contribution in [3.05, 3.63) is 50.5 Å². The third-order valence-electron chi connectivity index (χ3n) is 3.28. The summed E-state index contributed by atoms with van der Waals surface area (Å²) in [5.74, 6) is 0. The van der Waals surface area contributed by atoms with E-state index in [0.717, 1.165) is 11.4 Å². The smallest absolute Gasteiger partial charge is 0.114 e. The van der Waals surface area contributed by atoms with Crippen molar-refractivity contribution in [2.45, 2.75) is 40.2 Å². The molecular formula is C15H20N2S. The lowest BCUT2D eigenvalue weighted by Crippen LogP contribution is -2.13. The SMILES string of the molecule is CCc1nc(C(N)c2cc(C)ccc2C)sc1C. The first-order valence-corrected chi connectivity index (χ1v) is 7.13. The molecule has 0 aliphatic carbocycles. The Morgan fingerprint density at radius 1 is 1.28 bits per heavy atom. The summed E-state index contributed by atoms with van der Waals surface area (Å²) in [7, 11) is 0. The Bertz CT molecular complexity index is 558. The Morgan fingerprint density at radius 2 is 2.00 bits per heavy atom. The van der Waals surface area contributed by atoms with Gasteiger partial charge in [0.1, 0.15) is 5.01 Å². The van der Waals surface area contributed by atoms with Crippen molar-refractivity contribution in [3.63, 3.8) is 0 Å². The molecule has 18 heavy (non-hydrogen) atoms. The van der Waals surface area contributed by atoms with Crippen LogP contribution in [0.5, 0.6) is 0 Å². The molecule has 2 aromatic rings. The molecule has 2 rings (SSSR count). The predicted molar refractivity (Wildman–Crippen MR) is 78.2 cm³/mol. The summed E-state index contributed by atoms with van der Waals surface area (Å²) in [5.41, 5.74) is 11.2. The normalized spacial score (nSPS) is 12.7. The zero-order valence-corrected chi connectivity index (χ0v) is 12.3. The van der Waals surface area contributed by atoms with E-state index in [0.29, 0.717) is 0 Å². The highest BCUT2D eigenvalue weighted by Crippen LogP contribution is 2.28. The first kappa shape index (κ1) is 13.2. The van der Waals surface area contributed by atoms with Crippen LogP contribution < -0.4 is 5.73 Å². The van der Waals surface area contributed by atoms with Gasteiger partial charge in [0.2, 0.25) is 0 Å². The number of hydrogen-bond acceptors (Lipinski definition) is 3. The van der Waals surface area contributed by atoms with Crippen molar-refractivity contribution in [3.8, 4) is 0 Å². The highest BCUT2D eigenvalue weighted by Gasteiger charge is 2.17. The molecule has 0 aliphatic heterocycles. The van der Waals surface area contributed by atoms with Crippen LogP contribution in [0.3, 0.4) is 0 Å². The molecule has 1 heterocycles. The maximum atomic E-state index is 6.37. The van der Waals surface area contributed by atoms with Crippen molar-refractivity contribution in [2.75, 3.05) is 0 Å². The van der Waals surface area contributed by atoms with Crippen LogP contribution >= 0.6 is 11.3 Å². The second-order valence-electron chi connectivity index (χ2n) is 4.75. The number of benzene rings is 1. The molecule has 0 saturated carbocycles. The summed E-state index contributed by atoms with van der Waals surface area (Å²) < 4.78 is 0. The zero-order valence-electron chi connectivity index (χ0n) is 11.4. The van der Waals surface area contributed by atoms with E-state index in [-0.39, 0.29) is 6.04 Å². The highest BCUT2D eigenvalue weighted by atomic mass is 32.1. The number of aromatic nitrogens is 1. The van der Waals surface area contributed by atoms with Gasteiger partial charge in [-0.1, -0.05) is 30.7 Å². The molecule has 96 valence electrons. The van der Waals surface area contributed by atoms with E-state index in [2.05, 4.69) is 50.9 Å². The van der Waals surface area contributed by atoms with Gasteiger partial charge in [-0.2, -0.15) is 0 Å². The minimum atomic E-state index is -0.103. The molecule has 2 N–H and O–H groups in total. The number of thiazole rings is 1. The minimum absolute atomic E-state index is 0.103. The van der Waals surface area contributed by atoms with E-state index in [9.17, 15) is 0 Å². The van der Waals surface area contributed by atoms with E-state index in [1.54, 1.807) is 11.3 Å². The third-order valence-corrected chi connectivity index (χ3v) is 4.38. The lowest BCUT2D eigenvalue weighted by molar-refractivity contribution is 0.835. The van der Waals surface area contributed by atoms with Crippen molar-refractivity contribution in [1.82, 2.24) is 4.98 Å². The fraction of sp³-hybridized carbons (Fsp3) is 0.400. The topological polar surface area (TPSA) is 38.9 Å². The van der Waals surface area contributed by atoms with Gasteiger partial charge in [-0.3, -0.25) is 0 Å². The van der Waals surface area contributed by atoms with Gasteiger partial charge < -0.3 is 5.73 Å². The number of hydrogen-bond donors (Lipinski definition) is 1. The predicted octanol–water partition coefficient (Wildman–Crippen LogP) is 3.68. The number of nitrogens with two attached hydrogens (primary N) is 1. The lowest BCUT2D eigenvalue weighted by Gasteiger charge is -2.13. The van der Waals surface area contributed by atoms with Crippen LogP contribution in [0.25, 0.3) is 0 Å². The molecule has 1 aromatic heterocycles. The largest absolute Gasteiger partial charge is 0.318 e. The van der Waals surface area contributed by atoms with Gasteiger partial charge in [-0.15, -0.1) is 11.3 Å². The van der Waals surface area contributed by atoms with Crippen molar-refractivity contribution in [1.29, 1.82) is 0 Å². The zero-order chi connectivity index (χ0) is 13.3. The quantitative estimate of drug-likeness (QED) is 0.914. The Hall–Kier alpha value is -1.19. The standard InChI is InChI=1S/C15H20N2S/c1-5-13-11(4)18-15(17-13)14(16)12-8-9(2)6-7-10(12)3/h6-8,14H,5,16H2,1-4H3. The second kappa shape index (κ2) is 5.21. The Kier molecular flexibility index (Phi) is 3.83. The van der Waals surface area contributed by atoms with Gasteiger partial charge in [0.25, 0.3) is 0 Å². The number of nitrogens with zero attached hydrogens (tertiary/aromatic N) is 1. The van der Waals surface area contributed by atoms with Gasteiger partial charge in [0.15, 0.2) is 0 Å². The van der Waals surface area contributed by atoms with Crippen molar-refractivity contribution >= 4 is 11.3 Å². The molecule has 1 atom stereocenters. The maximum Gasteiger partial charge on any atom is 0.114 e. The van der Waals surface area contributed by atoms with Crippen LogP contribution in [-0.2, 0) is 6.42 Å². The van der Waals surface area contributed by atoms with Gasteiger partial charge >= 0.3 is 0 Å². The maximum absolute atomic E-state index is 6.37. The molecule has 0 bridgehead atoms. The monoisotopic (exact) mass is 260 g/mol. The van der Waals surface area contributed by atoms with Gasteiger partial charge in [0, 0.05) is 4.88 Å². The van der Waals surface area contributed by atoms with Crippen LogP contribution in [0.1, 0.15) is 45.2 Å². The van der Waals surface area contributed by atoms with Crippen LogP contribution in [0.2, 0.25) is 0 Å². The summed E-state index contributed by atoms with van der Waals surface area (Å²) in [6.07, 6.45) is 0.974. The number of rotatable bonds is 3. The summed E-state index contributed by atoms with van der Waals surface area (Å²) in [4.78, 5) is 5.95. The summed E-state index contributed by atoms with van der Waals surface area (Å²) in [6, 6.07) is 6.32. The Labute approximate surface area is 113 Å². The Morgan fingerprint density at radius 3 is 2.61 bits per heavy atom. The van der Waals surface area contributed by atoms with E-state index >= 15 is 0 Å². The lowest BCUT2D eigenvalue weighted by atomic mass is 10.00. The van der Waals surface area contributed by atoms with Crippen LogP contribution in [0, 0.1) is 20.8 Å². The van der Waals surface area contributed by atoms with Gasteiger partial charge in [-0.25, -0.2) is 4.98 Å². The molecule has 0 spiro atoms. The van der Waals surface area contributed by atoms with Gasteiger partial charge in [0.05, 0.1) is 11.7 Å². The molecule has 0 fully saturated rings. The van der Waals surface area contributed by atoms with Gasteiger partial charge in [-0.05, 0) is 38.3 Å². The van der Waals surface area contributed by atoms with Crippen LogP contribution in [-0.4, -0.2) is 4.98 Å². The fourth-order valence-electron chi connectivity index (χ4n) is 2.14. The fourth-order valence-corrected chi connectivity index (χ4v) is 3.17. The molecular weight excluding hydrogens is 240 g/mol. The third kappa shape index (κ3) is 2.47. The van der Waals surface area contributed by atoms with E-state index < -0.39 is 0 Å². The van der Waals surface area contributed by atoms with E-state index in [4.69, 9.17) is 5.73 Å². The molecule has 0 aliphatic rings. The van der Waals surface area contributed by atoms with Crippen LogP contribution in [0.15, 0.2) is 18.2 Å². The highest BCUT2D eigenvalue weighted by molar-refractivity contribution is 7.11. The first-order valence-electron chi connectivity index (χ1n) is 6.31. The summed E-state index contributed by atoms with van der Waals surface area (Å²) >= 11 is 1.72. The molecule has 2 nitrogen and oxygen atoms in total.